The molecule has 4 heterocycles. The lowest BCUT2D eigenvalue weighted by atomic mass is 10.1. The van der Waals surface area contributed by atoms with Crippen LogP contribution in [0.2, 0.25) is 0 Å². The summed E-state index contributed by atoms with van der Waals surface area (Å²) in [7, 11) is 0. The summed E-state index contributed by atoms with van der Waals surface area (Å²) in [6.07, 6.45) is -0.756. The summed E-state index contributed by atoms with van der Waals surface area (Å²) in [6.45, 7) is 2.43. The highest BCUT2D eigenvalue weighted by Crippen LogP contribution is 2.41. The van der Waals surface area contributed by atoms with Crippen molar-refractivity contribution in [2.75, 3.05) is 6.54 Å². The molecule has 30 heavy (non-hydrogen) atoms. The molecule has 1 saturated heterocycles. The number of alkyl halides is 3. The molecule has 1 aliphatic carbocycles. The van der Waals surface area contributed by atoms with E-state index in [9.17, 15) is 18.0 Å². The zero-order valence-electron chi connectivity index (χ0n) is 16.3. The van der Waals surface area contributed by atoms with E-state index in [2.05, 4.69) is 15.2 Å². The predicted octanol–water partition coefficient (Wildman–Crippen LogP) is 4.15. The number of fused-ring (bicyclic) bond motifs is 1. The van der Waals surface area contributed by atoms with Gasteiger partial charge in [0.05, 0.1) is 11.7 Å². The van der Waals surface area contributed by atoms with E-state index < -0.39 is 17.8 Å². The fourth-order valence-electron chi connectivity index (χ4n) is 3.99. The topological polar surface area (TPSA) is 76.5 Å². The van der Waals surface area contributed by atoms with Crippen LogP contribution in [0, 0.1) is 0 Å². The SMILES string of the molecule is CCc1cc(C2CCCN2C(=O)c2cc3nc(C4CC4)cc(C(F)(F)F)n3n2)on1. The fourth-order valence-corrected chi connectivity index (χ4v) is 3.99. The number of nitrogens with zero attached hydrogens (tertiary/aromatic N) is 5. The van der Waals surface area contributed by atoms with E-state index in [0.717, 1.165) is 35.5 Å². The van der Waals surface area contributed by atoms with E-state index in [-0.39, 0.29) is 23.3 Å². The average Bonchev–Trinajstić information content (AvgIpc) is 3.11. The number of halogens is 3. The van der Waals surface area contributed by atoms with Gasteiger partial charge in [-0.2, -0.15) is 18.3 Å². The van der Waals surface area contributed by atoms with Gasteiger partial charge in [-0.25, -0.2) is 9.50 Å². The van der Waals surface area contributed by atoms with E-state index in [0.29, 0.717) is 30.8 Å². The van der Waals surface area contributed by atoms with Gasteiger partial charge in [0.2, 0.25) is 0 Å². The first kappa shape index (κ1) is 19.1. The molecule has 0 bridgehead atoms. The van der Waals surface area contributed by atoms with Crippen LogP contribution >= 0.6 is 0 Å². The van der Waals surface area contributed by atoms with Crippen LogP contribution in [0.1, 0.15) is 77.9 Å². The maximum Gasteiger partial charge on any atom is 0.433 e. The molecule has 158 valence electrons. The van der Waals surface area contributed by atoms with Gasteiger partial charge < -0.3 is 9.42 Å². The number of hydrogen-bond donors (Lipinski definition) is 0. The summed E-state index contributed by atoms with van der Waals surface area (Å²) in [6, 6.07) is 3.92. The van der Waals surface area contributed by atoms with Gasteiger partial charge in [0.25, 0.3) is 5.91 Å². The molecule has 5 rings (SSSR count). The largest absolute Gasteiger partial charge is 0.433 e. The number of carbonyl (C=O) groups is 1. The second-order valence-electron chi connectivity index (χ2n) is 7.87. The third-order valence-corrected chi connectivity index (χ3v) is 5.73. The molecule has 1 unspecified atom stereocenters. The molecule has 1 amide bonds. The predicted molar refractivity (Wildman–Crippen MR) is 98.9 cm³/mol. The van der Waals surface area contributed by atoms with Crippen molar-refractivity contribution >= 4 is 11.6 Å². The molecular formula is C20H20F3N5O2. The third-order valence-electron chi connectivity index (χ3n) is 5.73. The molecule has 1 saturated carbocycles. The summed E-state index contributed by atoms with van der Waals surface area (Å²) in [4.78, 5) is 19.1. The fraction of sp³-hybridized carbons (Fsp3) is 0.500. The Morgan fingerprint density at radius 3 is 2.70 bits per heavy atom. The van der Waals surface area contributed by atoms with E-state index in [4.69, 9.17) is 4.52 Å². The van der Waals surface area contributed by atoms with Gasteiger partial charge in [0.15, 0.2) is 17.1 Å². The third kappa shape index (κ3) is 3.23. The molecule has 2 aliphatic rings. The molecular weight excluding hydrogens is 399 g/mol. The van der Waals surface area contributed by atoms with Gasteiger partial charge in [-0.15, -0.1) is 0 Å². The molecule has 1 atom stereocenters. The van der Waals surface area contributed by atoms with Crippen LogP contribution in [0.3, 0.4) is 0 Å². The van der Waals surface area contributed by atoms with Crippen molar-refractivity contribution in [3.05, 3.63) is 46.7 Å². The Labute approximate surface area is 169 Å². The first-order valence-corrected chi connectivity index (χ1v) is 10.1. The minimum Gasteiger partial charge on any atom is -0.359 e. The number of carbonyl (C=O) groups excluding carboxylic acids is 1. The lowest BCUT2D eigenvalue weighted by Gasteiger charge is -2.21. The standard InChI is InChI=1S/C20H20F3N5O2/c1-2-12-8-16(30-26-12)15-4-3-7-27(15)19(29)14-10-18-24-13(11-5-6-11)9-17(20(21,22)23)28(18)25-14/h8-11,15H,2-7H2,1H3. The van der Waals surface area contributed by atoms with Crippen LogP contribution in [0.4, 0.5) is 13.2 Å². The normalized spacial score (nSPS) is 19.7. The van der Waals surface area contributed by atoms with Crippen molar-refractivity contribution in [3.63, 3.8) is 0 Å². The summed E-state index contributed by atoms with van der Waals surface area (Å²) < 4.78 is 47.0. The first-order chi connectivity index (χ1) is 14.3. The van der Waals surface area contributed by atoms with Gasteiger partial charge in [0.1, 0.15) is 5.69 Å². The minimum absolute atomic E-state index is 0.0405. The van der Waals surface area contributed by atoms with E-state index in [1.165, 1.54) is 6.07 Å². The van der Waals surface area contributed by atoms with Crippen molar-refractivity contribution < 1.29 is 22.5 Å². The Balaban J connectivity index is 1.51. The van der Waals surface area contributed by atoms with Gasteiger partial charge in [-0.1, -0.05) is 12.1 Å². The Hall–Kier alpha value is -2.91. The van der Waals surface area contributed by atoms with Crippen LogP contribution in [0.5, 0.6) is 0 Å². The van der Waals surface area contributed by atoms with Crippen molar-refractivity contribution in [3.8, 4) is 0 Å². The Morgan fingerprint density at radius 2 is 2.03 bits per heavy atom. The van der Waals surface area contributed by atoms with Crippen molar-refractivity contribution in [1.29, 1.82) is 0 Å². The second kappa shape index (κ2) is 6.82. The monoisotopic (exact) mass is 419 g/mol. The second-order valence-corrected chi connectivity index (χ2v) is 7.87. The van der Waals surface area contributed by atoms with Crippen molar-refractivity contribution in [1.82, 2.24) is 24.7 Å². The molecule has 0 aromatic carbocycles. The number of aryl methyl sites for hydroxylation is 1. The zero-order chi connectivity index (χ0) is 21.0. The summed E-state index contributed by atoms with van der Waals surface area (Å²) in [5.74, 6) is 0.206. The highest BCUT2D eigenvalue weighted by atomic mass is 19.4. The van der Waals surface area contributed by atoms with Gasteiger partial charge in [0, 0.05) is 30.3 Å². The number of likely N-dealkylation sites (tertiary alicyclic amines) is 1. The molecule has 0 N–H and O–H groups in total. The number of rotatable bonds is 4. The van der Waals surface area contributed by atoms with Crippen LogP contribution < -0.4 is 0 Å². The molecule has 10 heteroatoms. The first-order valence-electron chi connectivity index (χ1n) is 10.1. The quantitative estimate of drug-likeness (QED) is 0.635. The minimum atomic E-state index is -4.59. The van der Waals surface area contributed by atoms with Crippen LogP contribution in [0.25, 0.3) is 5.65 Å². The van der Waals surface area contributed by atoms with Crippen molar-refractivity contribution in [2.45, 2.75) is 57.2 Å². The van der Waals surface area contributed by atoms with Crippen LogP contribution in [0.15, 0.2) is 22.7 Å². The average molecular weight is 419 g/mol. The molecule has 7 nitrogen and oxygen atoms in total. The highest BCUT2D eigenvalue weighted by Gasteiger charge is 2.39. The molecule has 1 aliphatic heterocycles. The number of aromatic nitrogens is 4. The molecule has 2 fully saturated rings. The maximum absolute atomic E-state index is 13.6. The summed E-state index contributed by atoms with van der Waals surface area (Å²) >= 11 is 0. The number of hydrogen-bond acceptors (Lipinski definition) is 5. The molecule has 3 aromatic heterocycles. The Morgan fingerprint density at radius 1 is 1.23 bits per heavy atom. The van der Waals surface area contributed by atoms with E-state index in [1.807, 2.05) is 13.0 Å². The maximum atomic E-state index is 13.6. The van der Waals surface area contributed by atoms with Crippen LogP contribution in [-0.2, 0) is 12.6 Å². The summed E-state index contributed by atoms with van der Waals surface area (Å²) in [5.41, 5.74) is 0.279. The smallest absolute Gasteiger partial charge is 0.359 e. The van der Waals surface area contributed by atoms with E-state index >= 15 is 0 Å². The molecule has 0 spiro atoms. The Kier molecular flexibility index (Phi) is 4.33. The number of amides is 1. The van der Waals surface area contributed by atoms with Gasteiger partial charge >= 0.3 is 6.18 Å². The van der Waals surface area contributed by atoms with Crippen LogP contribution in [-0.4, -0.2) is 37.1 Å². The molecule has 3 aromatic rings. The zero-order valence-corrected chi connectivity index (χ0v) is 16.3. The summed E-state index contributed by atoms with van der Waals surface area (Å²) in [5, 5.41) is 7.97. The lowest BCUT2D eigenvalue weighted by molar-refractivity contribution is -0.142. The highest BCUT2D eigenvalue weighted by molar-refractivity contribution is 5.93. The molecule has 0 radical (unpaired) electrons. The van der Waals surface area contributed by atoms with Crippen molar-refractivity contribution in [2.24, 2.45) is 0 Å². The lowest BCUT2D eigenvalue weighted by Crippen LogP contribution is -2.30. The Bertz CT molecular complexity index is 1120. The van der Waals surface area contributed by atoms with Gasteiger partial charge in [-0.3, -0.25) is 4.79 Å². The van der Waals surface area contributed by atoms with Gasteiger partial charge in [-0.05, 0) is 38.2 Å². The van der Waals surface area contributed by atoms with E-state index in [1.54, 1.807) is 4.90 Å².